The molecule has 1 N–H and O–H groups in total. The van der Waals surface area contributed by atoms with Crippen LogP contribution in [0.4, 0.5) is 14.6 Å². The number of likely N-dealkylation sites (N-methyl/N-ethyl adjacent to an activating group) is 2. The van der Waals surface area contributed by atoms with Crippen LogP contribution >= 0.6 is 11.3 Å². The van der Waals surface area contributed by atoms with Gasteiger partial charge < -0.3 is 9.80 Å². The van der Waals surface area contributed by atoms with Gasteiger partial charge in [0.05, 0.1) is 21.9 Å². The molecule has 1 fully saturated rings. The number of fused-ring (bicyclic) bond motifs is 3. The molecule has 0 spiro atoms. The van der Waals surface area contributed by atoms with E-state index in [0.29, 0.717) is 58.5 Å². The summed E-state index contributed by atoms with van der Waals surface area (Å²) in [5, 5.41) is 17.8. The van der Waals surface area contributed by atoms with E-state index in [2.05, 4.69) is 24.9 Å². The van der Waals surface area contributed by atoms with Gasteiger partial charge in [-0.1, -0.05) is 17.4 Å². The molecule has 0 atom stereocenters. The van der Waals surface area contributed by atoms with Gasteiger partial charge in [-0.25, -0.2) is 27.2 Å². The van der Waals surface area contributed by atoms with Crippen molar-refractivity contribution in [3.8, 4) is 11.2 Å². The van der Waals surface area contributed by atoms with E-state index in [1.54, 1.807) is 6.07 Å². The highest BCUT2D eigenvalue weighted by Gasteiger charge is 2.46. The number of anilines is 1. The van der Waals surface area contributed by atoms with Gasteiger partial charge in [0, 0.05) is 25.5 Å². The number of hydrogen-bond acceptors (Lipinski definition) is 10. The summed E-state index contributed by atoms with van der Waals surface area (Å²) in [6.07, 6.45) is -0.561. The van der Waals surface area contributed by atoms with Gasteiger partial charge in [-0.15, -0.1) is 10.2 Å². The molecule has 3 aromatic heterocycles. The first-order valence-corrected chi connectivity index (χ1v) is 13.6. The van der Waals surface area contributed by atoms with Gasteiger partial charge in [-0.2, -0.15) is 9.98 Å². The summed E-state index contributed by atoms with van der Waals surface area (Å²) >= 11 is 0.696. The molecule has 4 aromatic rings. The number of halogens is 2. The highest BCUT2D eigenvalue weighted by molar-refractivity contribution is 7.89. The largest absolute Gasteiger partial charge is 0.358 e. The van der Waals surface area contributed by atoms with Crippen LogP contribution < -0.4 is 9.62 Å². The van der Waals surface area contributed by atoms with Crippen LogP contribution in [-0.2, 0) is 10.0 Å². The Morgan fingerprint density at radius 2 is 1.97 bits per heavy atom. The third kappa shape index (κ3) is 4.61. The maximum Gasteiger partial charge on any atom is 0.291 e. The van der Waals surface area contributed by atoms with Gasteiger partial charge >= 0.3 is 0 Å². The van der Waals surface area contributed by atoms with E-state index in [4.69, 9.17) is 0 Å². The van der Waals surface area contributed by atoms with E-state index in [1.165, 1.54) is 23.0 Å². The standard InChI is InChI=1S/C22H23F2N9O2S2/c1-31(2)8-9-32(3)18-16-14-5-4-13(37(34,35)30-22(11-25)6-7-22)10-15(14)33(19(16)27-12-26-18)21-29-28-20(36-21)17(23)24/h4-5,10,12,17,30H,6-9H2,1-3H3. The lowest BCUT2D eigenvalue weighted by Gasteiger charge is -2.21. The number of hydrogen-bond donors (Lipinski definition) is 1. The van der Waals surface area contributed by atoms with Gasteiger partial charge in [0.25, 0.3) is 6.43 Å². The summed E-state index contributed by atoms with van der Waals surface area (Å²) in [6, 6.07) is 6.53. The number of aromatic nitrogens is 5. The second kappa shape index (κ2) is 9.21. The van der Waals surface area contributed by atoms with Crippen molar-refractivity contribution >= 4 is 49.1 Å². The lowest BCUT2D eigenvalue weighted by atomic mass is 10.2. The number of alkyl halides is 2. The van der Waals surface area contributed by atoms with Crippen LogP contribution in [0.2, 0.25) is 0 Å². The zero-order valence-corrected chi connectivity index (χ0v) is 21.8. The van der Waals surface area contributed by atoms with E-state index < -0.39 is 27.0 Å². The number of nitrogens with zero attached hydrogens (tertiary/aromatic N) is 8. The van der Waals surface area contributed by atoms with Crippen LogP contribution in [0.5, 0.6) is 0 Å². The molecule has 0 unspecified atom stereocenters. The van der Waals surface area contributed by atoms with Gasteiger partial charge in [-0.3, -0.25) is 4.57 Å². The van der Waals surface area contributed by atoms with Crippen LogP contribution in [-0.4, -0.2) is 77.8 Å². The number of nitriles is 1. The first kappa shape index (κ1) is 25.3. The predicted octanol–water partition coefficient (Wildman–Crippen LogP) is 2.70. The zero-order valence-electron chi connectivity index (χ0n) is 20.2. The van der Waals surface area contributed by atoms with E-state index in [0.717, 1.165) is 6.54 Å². The van der Waals surface area contributed by atoms with Crippen molar-refractivity contribution in [1.82, 2.24) is 34.4 Å². The fraction of sp³-hybridized carbons (Fsp3) is 0.409. The minimum atomic E-state index is -4.04. The fourth-order valence-electron chi connectivity index (χ4n) is 3.99. The molecule has 0 saturated heterocycles. The first-order chi connectivity index (χ1) is 17.5. The highest BCUT2D eigenvalue weighted by atomic mass is 32.2. The van der Waals surface area contributed by atoms with Gasteiger partial charge in [0.2, 0.25) is 15.2 Å². The minimum Gasteiger partial charge on any atom is -0.358 e. The summed E-state index contributed by atoms with van der Waals surface area (Å²) < 4.78 is 56.9. The van der Waals surface area contributed by atoms with E-state index in [1.807, 2.05) is 37.0 Å². The Balaban J connectivity index is 1.73. The van der Waals surface area contributed by atoms with Crippen LogP contribution in [0.3, 0.4) is 0 Å². The average Bonchev–Trinajstić information content (AvgIpc) is 3.30. The van der Waals surface area contributed by atoms with Crippen molar-refractivity contribution in [3.63, 3.8) is 0 Å². The molecule has 194 valence electrons. The number of sulfonamides is 1. The monoisotopic (exact) mass is 547 g/mol. The quantitative estimate of drug-likeness (QED) is 0.336. The molecule has 1 saturated carbocycles. The van der Waals surface area contributed by atoms with Gasteiger partial charge in [0.15, 0.2) is 10.7 Å². The number of rotatable bonds is 9. The van der Waals surface area contributed by atoms with Crippen molar-refractivity contribution in [2.24, 2.45) is 0 Å². The smallest absolute Gasteiger partial charge is 0.291 e. The molecule has 15 heteroatoms. The molecular formula is C22H23F2N9O2S2. The molecular weight excluding hydrogens is 524 g/mol. The number of benzene rings is 1. The SMILES string of the molecule is CN(C)CCN(C)c1ncnc2c1c1ccc(S(=O)(=O)NC3(C#N)CC3)cc1n2-c1nnc(C(F)F)s1. The van der Waals surface area contributed by atoms with Crippen LogP contribution in [0.1, 0.15) is 24.3 Å². The average molecular weight is 548 g/mol. The molecule has 1 aliphatic rings. The summed E-state index contributed by atoms with van der Waals surface area (Å²) in [7, 11) is 1.76. The van der Waals surface area contributed by atoms with Crippen molar-refractivity contribution in [2.45, 2.75) is 29.7 Å². The fourth-order valence-corrected chi connectivity index (χ4v) is 6.10. The Morgan fingerprint density at radius 3 is 2.59 bits per heavy atom. The topological polar surface area (TPSA) is 133 Å². The Labute approximate surface area is 215 Å². The normalized spacial score (nSPS) is 15.1. The molecule has 0 amide bonds. The van der Waals surface area contributed by atoms with Crippen molar-refractivity contribution < 1.29 is 17.2 Å². The van der Waals surface area contributed by atoms with Crippen LogP contribution in [0.25, 0.3) is 27.1 Å². The van der Waals surface area contributed by atoms with Crippen molar-refractivity contribution in [3.05, 3.63) is 29.5 Å². The highest BCUT2D eigenvalue weighted by Crippen LogP contribution is 2.39. The minimum absolute atomic E-state index is 0.0698. The summed E-state index contributed by atoms with van der Waals surface area (Å²) in [5.74, 6) is 0.601. The third-order valence-corrected chi connectivity index (χ3v) is 8.60. The molecule has 11 nitrogen and oxygen atoms in total. The molecule has 1 aliphatic carbocycles. The Kier molecular flexibility index (Phi) is 6.31. The molecule has 0 aliphatic heterocycles. The van der Waals surface area contributed by atoms with E-state index >= 15 is 0 Å². The Morgan fingerprint density at radius 1 is 1.22 bits per heavy atom. The molecule has 5 rings (SSSR count). The Hall–Kier alpha value is -3.32. The van der Waals surface area contributed by atoms with Gasteiger partial charge in [-0.05, 0) is 39.1 Å². The van der Waals surface area contributed by atoms with Gasteiger partial charge in [0.1, 0.15) is 17.7 Å². The molecule has 0 radical (unpaired) electrons. The second-order valence-electron chi connectivity index (χ2n) is 9.16. The first-order valence-electron chi connectivity index (χ1n) is 11.3. The maximum absolute atomic E-state index is 13.3. The number of nitrogens with one attached hydrogen (secondary N) is 1. The molecule has 0 bridgehead atoms. The third-order valence-electron chi connectivity index (χ3n) is 6.15. The summed E-state index contributed by atoms with van der Waals surface area (Å²) in [5.41, 5.74) is -0.328. The van der Waals surface area contributed by atoms with Crippen molar-refractivity contribution in [2.75, 3.05) is 39.1 Å². The Bertz CT molecular complexity index is 1640. The lowest BCUT2D eigenvalue weighted by molar-refractivity contribution is 0.150. The zero-order chi connectivity index (χ0) is 26.5. The van der Waals surface area contributed by atoms with E-state index in [9.17, 15) is 22.5 Å². The summed E-state index contributed by atoms with van der Waals surface area (Å²) in [6.45, 7) is 1.40. The molecule has 1 aromatic carbocycles. The van der Waals surface area contributed by atoms with E-state index in [-0.39, 0.29) is 10.0 Å². The predicted molar refractivity (Wildman–Crippen MR) is 135 cm³/mol. The summed E-state index contributed by atoms with van der Waals surface area (Å²) in [4.78, 5) is 12.8. The lowest BCUT2D eigenvalue weighted by Crippen LogP contribution is -2.35. The van der Waals surface area contributed by atoms with Crippen LogP contribution in [0, 0.1) is 11.3 Å². The second-order valence-corrected chi connectivity index (χ2v) is 11.8. The maximum atomic E-state index is 13.3. The molecule has 37 heavy (non-hydrogen) atoms. The van der Waals surface area contributed by atoms with Crippen molar-refractivity contribution in [1.29, 1.82) is 5.26 Å². The molecule has 3 heterocycles. The van der Waals surface area contributed by atoms with Crippen LogP contribution in [0.15, 0.2) is 29.4 Å².